The van der Waals surface area contributed by atoms with Gasteiger partial charge in [0.25, 0.3) is 0 Å². The van der Waals surface area contributed by atoms with Crippen LogP contribution in [0.2, 0.25) is 0 Å². The average molecular weight is 243 g/mol. The van der Waals surface area contributed by atoms with Crippen molar-refractivity contribution in [3.63, 3.8) is 0 Å². The second-order valence-electron chi connectivity index (χ2n) is 4.57. The van der Waals surface area contributed by atoms with E-state index in [2.05, 4.69) is 27.0 Å². The molecule has 0 unspecified atom stereocenters. The lowest BCUT2D eigenvalue weighted by Crippen LogP contribution is -2.32. The summed E-state index contributed by atoms with van der Waals surface area (Å²) in [6, 6.07) is 8.25. The highest BCUT2D eigenvalue weighted by Crippen LogP contribution is 2.24. The number of hydrogen-bond donors (Lipinski definition) is 1. The maximum atomic E-state index is 5.73. The zero-order valence-electron chi connectivity index (χ0n) is 10.3. The minimum absolute atomic E-state index is 0.690. The number of H-pyrrole nitrogens is 1. The lowest BCUT2D eigenvalue weighted by molar-refractivity contribution is 0.0942. The lowest BCUT2D eigenvalue weighted by atomic mass is 10.1. The first kappa shape index (κ1) is 11.3. The van der Waals surface area contributed by atoms with Crippen molar-refractivity contribution >= 4 is 0 Å². The monoisotopic (exact) mass is 243 g/mol. The summed E-state index contributed by atoms with van der Waals surface area (Å²) in [4.78, 5) is 9.68. The van der Waals surface area contributed by atoms with Gasteiger partial charge in [-0.25, -0.2) is 4.98 Å². The van der Waals surface area contributed by atoms with Gasteiger partial charge < -0.3 is 9.72 Å². The molecule has 0 atom stereocenters. The number of nitrogens with one attached hydrogen (secondary N) is 1. The van der Waals surface area contributed by atoms with Gasteiger partial charge in [0.1, 0.15) is 18.3 Å². The van der Waals surface area contributed by atoms with Gasteiger partial charge in [0.05, 0.1) is 0 Å². The van der Waals surface area contributed by atoms with Crippen LogP contribution in [0.3, 0.4) is 0 Å². The number of fused-ring (bicyclic) bond motifs is 1. The highest BCUT2D eigenvalue weighted by Gasteiger charge is 2.15. The minimum Gasteiger partial charge on any atom is -0.478 e. The van der Waals surface area contributed by atoms with Crippen molar-refractivity contribution in [3.05, 3.63) is 48.0 Å². The molecule has 1 aromatic carbocycles. The molecule has 2 heterocycles. The summed E-state index contributed by atoms with van der Waals surface area (Å²) in [5.74, 6) is 2.09. The van der Waals surface area contributed by atoms with E-state index in [9.17, 15) is 0 Å². The van der Waals surface area contributed by atoms with Gasteiger partial charge in [0, 0.05) is 37.5 Å². The number of benzene rings is 1. The van der Waals surface area contributed by atoms with Crippen LogP contribution in [0.15, 0.2) is 36.7 Å². The predicted molar refractivity (Wildman–Crippen MR) is 69.3 cm³/mol. The smallest absolute Gasteiger partial charge is 0.142 e. The normalized spacial score (nSPS) is 15.1. The Morgan fingerprint density at radius 1 is 1.33 bits per heavy atom. The molecule has 0 saturated carbocycles. The molecule has 0 radical (unpaired) electrons. The number of para-hydroxylation sites is 1. The van der Waals surface area contributed by atoms with E-state index in [0.717, 1.165) is 37.5 Å². The molecule has 1 N–H and O–H groups in total. The Labute approximate surface area is 107 Å². The molecule has 0 spiro atoms. The molecule has 1 aliphatic rings. The molecule has 4 nitrogen and oxygen atoms in total. The fourth-order valence-electron chi connectivity index (χ4n) is 2.27. The molecular formula is C14H17N3O. The molecule has 18 heavy (non-hydrogen) atoms. The Morgan fingerprint density at radius 3 is 3.17 bits per heavy atom. The number of aromatic amines is 1. The Bertz CT molecular complexity index is 496. The van der Waals surface area contributed by atoms with Crippen molar-refractivity contribution in [2.45, 2.75) is 19.4 Å². The molecule has 0 fully saturated rings. The zero-order chi connectivity index (χ0) is 12.2. The molecular weight excluding hydrogens is 226 g/mol. The van der Waals surface area contributed by atoms with E-state index in [1.165, 1.54) is 5.56 Å². The van der Waals surface area contributed by atoms with Crippen LogP contribution >= 0.6 is 0 Å². The second-order valence-corrected chi connectivity index (χ2v) is 4.57. The van der Waals surface area contributed by atoms with Crippen LogP contribution in [-0.4, -0.2) is 28.1 Å². The molecule has 0 saturated heterocycles. The summed E-state index contributed by atoms with van der Waals surface area (Å²) in [6.07, 6.45) is 5.76. The first-order valence-corrected chi connectivity index (χ1v) is 6.33. The van der Waals surface area contributed by atoms with E-state index in [-0.39, 0.29) is 0 Å². The Hall–Kier alpha value is -1.81. The quantitative estimate of drug-likeness (QED) is 0.895. The first-order chi connectivity index (χ1) is 8.92. The zero-order valence-corrected chi connectivity index (χ0v) is 10.3. The SMILES string of the molecule is c1ccc2c(c1)CN(CCCc1ncc[nH]1)CO2. The summed E-state index contributed by atoms with van der Waals surface area (Å²) >= 11 is 0. The highest BCUT2D eigenvalue weighted by atomic mass is 16.5. The van der Waals surface area contributed by atoms with E-state index in [1.54, 1.807) is 6.20 Å². The Morgan fingerprint density at radius 2 is 2.28 bits per heavy atom. The van der Waals surface area contributed by atoms with Crippen LogP contribution in [0.25, 0.3) is 0 Å². The highest BCUT2D eigenvalue weighted by molar-refractivity contribution is 5.34. The summed E-state index contributed by atoms with van der Waals surface area (Å²) in [5, 5.41) is 0. The van der Waals surface area contributed by atoms with Crippen molar-refractivity contribution < 1.29 is 4.74 Å². The van der Waals surface area contributed by atoms with Gasteiger partial charge in [-0.2, -0.15) is 0 Å². The van der Waals surface area contributed by atoms with E-state index >= 15 is 0 Å². The minimum atomic E-state index is 0.690. The van der Waals surface area contributed by atoms with E-state index in [0.29, 0.717) is 6.73 Å². The molecule has 0 amide bonds. The topological polar surface area (TPSA) is 41.2 Å². The lowest BCUT2D eigenvalue weighted by Gasteiger charge is -2.28. The number of rotatable bonds is 4. The molecule has 2 aromatic rings. The Kier molecular flexibility index (Phi) is 3.28. The maximum Gasteiger partial charge on any atom is 0.142 e. The van der Waals surface area contributed by atoms with E-state index < -0.39 is 0 Å². The average Bonchev–Trinajstić information content (AvgIpc) is 2.92. The van der Waals surface area contributed by atoms with Crippen LogP contribution < -0.4 is 4.74 Å². The number of imidazole rings is 1. The molecule has 0 aliphatic carbocycles. The fourth-order valence-corrected chi connectivity index (χ4v) is 2.27. The van der Waals surface area contributed by atoms with Crippen LogP contribution in [0, 0.1) is 0 Å². The van der Waals surface area contributed by atoms with Crippen LogP contribution in [0.1, 0.15) is 17.8 Å². The number of aryl methyl sites for hydroxylation is 1. The van der Waals surface area contributed by atoms with Crippen molar-refractivity contribution in [2.24, 2.45) is 0 Å². The van der Waals surface area contributed by atoms with Gasteiger partial charge in [0.2, 0.25) is 0 Å². The third-order valence-electron chi connectivity index (χ3n) is 3.21. The van der Waals surface area contributed by atoms with Gasteiger partial charge in [-0.1, -0.05) is 18.2 Å². The third-order valence-corrected chi connectivity index (χ3v) is 3.21. The summed E-state index contributed by atoms with van der Waals surface area (Å²) < 4.78 is 5.73. The van der Waals surface area contributed by atoms with E-state index in [1.807, 2.05) is 18.3 Å². The van der Waals surface area contributed by atoms with Gasteiger partial charge in [-0.3, -0.25) is 4.90 Å². The number of ether oxygens (including phenoxy) is 1. The standard InChI is InChI=1S/C14H17N3O/c1-2-5-13-12(4-1)10-17(11-18-13)9-3-6-14-15-7-8-16-14/h1-2,4-5,7-8H,3,6,9-11H2,(H,15,16). The van der Waals surface area contributed by atoms with Gasteiger partial charge in [-0.15, -0.1) is 0 Å². The number of hydrogen-bond acceptors (Lipinski definition) is 3. The first-order valence-electron chi connectivity index (χ1n) is 6.33. The molecule has 1 aromatic heterocycles. The van der Waals surface area contributed by atoms with Crippen LogP contribution in [0.5, 0.6) is 5.75 Å². The van der Waals surface area contributed by atoms with Crippen molar-refractivity contribution in [1.29, 1.82) is 0 Å². The van der Waals surface area contributed by atoms with Crippen LogP contribution in [-0.2, 0) is 13.0 Å². The van der Waals surface area contributed by atoms with E-state index in [4.69, 9.17) is 4.74 Å². The summed E-state index contributed by atoms with van der Waals surface area (Å²) in [5.41, 5.74) is 1.28. The molecule has 1 aliphatic heterocycles. The maximum absolute atomic E-state index is 5.73. The van der Waals surface area contributed by atoms with Gasteiger partial charge >= 0.3 is 0 Å². The summed E-state index contributed by atoms with van der Waals surface area (Å²) in [7, 11) is 0. The predicted octanol–water partition coefficient (Wildman–Crippen LogP) is 2.19. The van der Waals surface area contributed by atoms with Gasteiger partial charge in [-0.05, 0) is 12.5 Å². The summed E-state index contributed by atoms with van der Waals surface area (Å²) in [6.45, 7) is 2.71. The largest absolute Gasteiger partial charge is 0.478 e. The number of nitrogens with zero attached hydrogens (tertiary/aromatic N) is 2. The molecule has 3 rings (SSSR count). The Balaban J connectivity index is 1.51. The molecule has 0 bridgehead atoms. The second kappa shape index (κ2) is 5.23. The molecule has 4 heteroatoms. The third kappa shape index (κ3) is 2.54. The fraction of sp³-hybridized carbons (Fsp3) is 0.357. The van der Waals surface area contributed by atoms with Gasteiger partial charge in [0.15, 0.2) is 0 Å². The van der Waals surface area contributed by atoms with Crippen molar-refractivity contribution in [3.8, 4) is 5.75 Å². The number of aromatic nitrogens is 2. The van der Waals surface area contributed by atoms with Crippen molar-refractivity contribution in [2.75, 3.05) is 13.3 Å². The van der Waals surface area contributed by atoms with Crippen LogP contribution in [0.4, 0.5) is 0 Å². The van der Waals surface area contributed by atoms with Crippen molar-refractivity contribution in [1.82, 2.24) is 14.9 Å². The molecule has 94 valence electrons.